The maximum absolute atomic E-state index is 7.52. The first kappa shape index (κ1) is 12.0. The fourth-order valence-corrected chi connectivity index (χ4v) is 4.48. The molecule has 0 amide bonds. The van der Waals surface area contributed by atoms with E-state index in [0.717, 1.165) is 32.8 Å². The van der Waals surface area contributed by atoms with Crippen LogP contribution in [0.25, 0.3) is 33.2 Å². The highest BCUT2D eigenvalue weighted by atomic mass is 28.3. The molecule has 0 radical (unpaired) electrons. The van der Waals surface area contributed by atoms with E-state index in [1.165, 1.54) is 6.20 Å². The molecule has 0 unspecified atom stereocenters. The zero-order valence-corrected chi connectivity index (χ0v) is 14.9. The summed E-state index contributed by atoms with van der Waals surface area (Å²) in [6, 6.07) is 11.3. The molecule has 4 heteroatoms. The van der Waals surface area contributed by atoms with Crippen LogP contribution in [0, 0.1) is 6.85 Å². The predicted molar refractivity (Wildman–Crippen MR) is 102 cm³/mol. The zero-order valence-electron chi connectivity index (χ0n) is 16.9. The Morgan fingerprint density at radius 3 is 2.54 bits per heavy atom. The molecule has 0 aliphatic rings. The first-order chi connectivity index (χ1) is 12.7. The molecular weight excluding hydrogens is 312 g/mol. The van der Waals surface area contributed by atoms with Gasteiger partial charge in [0.1, 0.15) is 19.2 Å². The quantitative estimate of drug-likeness (QED) is 0.489. The molecule has 3 nitrogen and oxygen atoms in total. The maximum Gasteiger partial charge on any atom is 0.147 e. The molecule has 0 atom stereocenters. The van der Waals surface area contributed by atoms with E-state index in [1.54, 1.807) is 18.3 Å². The number of rotatable bonds is 2. The van der Waals surface area contributed by atoms with Crippen LogP contribution in [0.5, 0.6) is 0 Å². The minimum Gasteiger partial charge on any atom is -0.455 e. The van der Waals surface area contributed by atoms with Crippen molar-refractivity contribution in [2.24, 2.45) is 0 Å². The lowest BCUT2D eigenvalue weighted by Crippen LogP contribution is -2.40. The third-order valence-electron chi connectivity index (χ3n) is 4.15. The van der Waals surface area contributed by atoms with E-state index >= 15 is 0 Å². The second kappa shape index (κ2) is 5.28. The summed E-state index contributed by atoms with van der Waals surface area (Å²) in [5.74, 6) is 0. The molecule has 3 aromatic heterocycles. The van der Waals surface area contributed by atoms with Crippen molar-refractivity contribution < 1.29 is 8.53 Å². The first-order valence-electron chi connectivity index (χ1n) is 9.44. The fraction of sp³-hybridized carbons (Fsp3) is 0.200. The Kier molecular flexibility index (Phi) is 2.63. The van der Waals surface area contributed by atoms with Gasteiger partial charge >= 0.3 is 0 Å². The van der Waals surface area contributed by atoms with Crippen LogP contribution in [-0.4, -0.2) is 18.0 Å². The normalized spacial score (nSPS) is 14.5. The molecule has 0 fully saturated rings. The minimum atomic E-state index is -2.17. The van der Waals surface area contributed by atoms with Crippen molar-refractivity contribution in [2.45, 2.75) is 26.5 Å². The van der Waals surface area contributed by atoms with E-state index in [1.807, 2.05) is 18.2 Å². The van der Waals surface area contributed by atoms with Crippen molar-refractivity contribution in [3.05, 3.63) is 54.4 Å². The van der Waals surface area contributed by atoms with Crippen molar-refractivity contribution in [3.8, 4) is 11.3 Å². The molecular formula is C20H20N2OSi. The smallest absolute Gasteiger partial charge is 0.147 e. The van der Waals surface area contributed by atoms with Crippen LogP contribution in [0.1, 0.15) is 9.68 Å². The van der Waals surface area contributed by atoms with Crippen LogP contribution in [0.2, 0.25) is 19.6 Å². The van der Waals surface area contributed by atoms with Crippen molar-refractivity contribution in [1.29, 1.82) is 0 Å². The SMILES string of the molecule is [2H]C([2H])([2H])c1ccc(-c2cnc([Si](C)(C)C)c3c2oc2ccccc23)nc1. The number of benzene rings is 1. The third-order valence-corrected chi connectivity index (χ3v) is 5.95. The molecule has 0 saturated carbocycles. The lowest BCUT2D eigenvalue weighted by atomic mass is 10.1. The lowest BCUT2D eigenvalue weighted by Gasteiger charge is -2.17. The fourth-order valence-electron chi connectivity index (χ4n) is 3.03. The summed E-state index contributed by atoms with van der Waals surface area (Å²) in [7, 11) is -1.70. The van der Waals surface area contributed by atoms with E-state index in [-0.39, 0.29) is 5.56 Å². The molecule has 0 bridgehead atoms. The Morgan fingerprint density at radius 1 is 1.00 bits per heavy atom. The van der Waals surface area contributed by atoms with E-state index in [2.05, 4.69) is 30.7 Å². The number of aromatic nitrogens is 2. The van der Waals surface area contributed by atoms with Gasteiger partial charge in [0.2, 0.25) is 0 Å². The summed E-state index contributed by atoms with van der Waals surface area (Å²) in [4.78, 5) is 9.18. The minimum absolute atomic E-state index is 0.221. The highest BCUT2D eigenvalue weighted by Crippen LogP contribution is 2.34. The second-order valence-corrected chi connectivity index (χ2v) is 12.0. The van der Waals surface area contributed by atoms with Crippen molar-refractivity contribution in [3.63, 3.8) is 0 Å². The largest absolute Gasteiger partial charge is 0.455 e. The van der Waals surface area contributed by atoms with Crippen molar-refractivity contribution >= 4 is 35.3 Å². The number of hydrogen-bond donors (Lipinski definition) is 0. The molecule has 0 aliphatic heterocycles. The van der Waals surface area contributed by atoms with E-state index in [4.69, 9.17) is 13.5 Å². The summed E-state index contributed by atoms with van der Waals surface area (Å²) < 4.78 is 28.8. The van der Waals surface area contributed by atoms with Gasteiger partial charge < -0.3 is 4.42 Å². The maximum atomic E-state index is 7.52. The monoisotopic (exact) mass is 335 g/mol. The Bertz CT molecular complexity index is 1140. The van der Waals surface area contributed by atoms with Gasteiger partial charge in [-0.2, -0.15) is 0 Å². The summed E-state index contributed by atoms with van der Waals surface area (Å²) in [6.07, 6.45) is 3.21. The van der Waals surface area contributed by atoms with Gasteiger partial charge in [-0.15, -0.1) is 0 Å². The molecule has 0 N–H and O–H groups in total. The van der Waals surface area contributed by atoms with Gasteiger partial charge in [-0.1, -0.05) is 43.9 Å². The average molecular weight is 335 g/mol. The van der Waals surface area contributed by atoms with Crippen LogP contribution in [-0.2, 0) is 0 Å². The Hall–Kier alpha value is -2.46. The standard InChI is InChI=1S/C20H20N2OSi/c1-13-9-10-16(21-11-13)15-12-22-20(24(2,3)4)18-14-7-5-6-8-17(14)23-19(15)18/h5-12H,1-4H3/i1D3. The molecule has 1 aromatic carbocycles. The molecule has 0 aliphatic carbocycles. The number of nitrogens with zero attached hydrogens (tertiary/aromatic N) is 2. The Balaban J connectivity index is 2.00. The van der Waals surface area contributed by atoms with Crippen LogP contribution in [0.15, 0.2) is 53.2 Å². The van der Waals surface area contributed by atoms with Crippen LogP contribution >= 0.6 is 0 Å². The molecule has 120 valence electrons. The average Bonchev–Trinajstić information content (AvgIpc) is 2.99. The number of furan rings is 1. The van der Waals surface area contributed by atoms with E-state index in [9.17, 15) is 0 Å². The first-order valence-corrected chi connectivity index (χ1v) is 11.4. The van der Waals surface area contributed by atoms with Crippen molar-refractivity contribution in [1.82, 2.24) is 9.97 Å². The highest BCUT2D eigenvalue weighted by Gasteiger charge is 2.26. The number of pyridine rings is 2. The van der Waals surface area contributed by atoms with Crippen molar-refractivity contribution in [2.75, 3.05) is 0 Å². The molecule has 4 aromatic rings. The van der Waals surface area contributed by atoms with Gasteiger partial charge in [0.05, 0.1) is 11.3 Å². The van der Waals surface area contributed by atoms with Crippen LogP contribution in [0.3, 0.4) is 0 Å². The van der Waals surface area contributed by atoms with Crippen LogP contribution in [0.4, 0.5) is 0 Å². The summed E-state index contributed by atoms with van der Waals surface area (Å²) in [5, 5.41) is 3.20. The van der Waals surface area contributed by atoms with Gasteiger partial charge in [0, 0.05) is 32.6 Å². The molecule has 24 heavy (non-hydrogen) atoms. The van der Waals surface area contributed by atoms with Crippen LogP contribution < -0.4 is 5.32 Å². The van der Waals surface area contributed by atoms with Gasteiger partial charge in [0.25, 0.3) is 0 Å². The van der Waals surface area contributed by atoms with Gasteiger partial charge in [-0.25, -0.2) is 0 Å². The number of aryl methyl sites for hydroxylation is 1. The number of hydrogen-bond acceptors (Lipinski definition) is 3. The van der Waals surface area contributed by atoms with E-state index < -0.39 is 14.9 Å². The molecule has 4 rings (SSSR count). The number of para-hydroxylation sites is 1. The topological polar surface area (TPSA) is 38.9 Å². The Morgan fingerprint density at radius 2 is 1.83 bits per heavy atom. The summed E-state index contributed by atoms with van der Waals surface area (Å²) in [6.45, 7) is 4.62. The highest BCUT2D eigenvalue weighted by molar-refractivity contribution is 6.90. The Labute approximate surface area is 146 Å². The molecule has 3 heterocycles. The molecule has 0 spiro atoms. The third kappa shape index (κ3) is 2.34. The zero-order chi connectivity index (χ0) is 19.4. The van der Waals surface area contributed by atoms with Gasteiger partial charge in [-0.05, 0) is 24.5 Å². The van der Waals surface area contributed by atoms with Gasteiger partial charge in [0.15, 0.2) is 0 Å². The lowest BCUT2D eigenvalue weighted by molar-refractivity contribution is 0.669. The second-order valence-electron chi connectivity index (χ2n) is 7.00. The molecule has 0 saturated heterocycles. The summed E-state index contributed by atoms with van der Waals surface area (Å²) in [5.41, 5.74) is 3.24. The van der Waals surface area contributed by atoms with Gasteiger partial charge in [-0.3, -0.25) is 9.97 Å². The summed E-state index contributed by atoms with van der Waals surface area (Å²) >= 11 is 0. The number of fused-ring (bicyclic) bond motifs is 3. The predicted octanol–water partition coefficient (Wildman–Crippen LogP) is 4.90. The van der Waals surface area contributed by atoms with E-state index in [0.29, 0.717) is 5.69 Å².